The Morgan fingerprint density at radius 3 is 2.60 bits per heavy atom. The Morgan fingerprint density at radius 2 is 2.07 bits per heavy atom. The lowest BCUT2D eigenvalue weighted by molar-refractivity contribution is 0.0993. The van der Waals surface area contributed by atoms with Crippen molar-refractivity contribution < 1.29 is 4.79 Å². The van der Waals surface area contributed by atoms with Crippen molar-refractivity contribution in [1.29, 1.82) is 0 Å². The topological polar surface area (TPSA) is 29.1 Å². The predicted octanol–water partition coefficient (Wildman–Crippen LogP) is 2.97. The Bertz CT molecular complexity index is 361. The third kappa shape index (κ3) is 3.43. The number of halogens is 1. The van der Waals surface area contributed by atoms with Crippen LogP contribution in [0.3, 0.4) is 0 Å². The Morgan fingerprint density at radius 1 is 1.40 bits per heavy atom. The molecule has 0 bridgehead atoms. The second-order valence-electron chi connectivity index (χ2n) is 3.88. The minimum absolute atomic E-state index is 0.126. The van der Waals surface area contributed by atoms with Gasteiger partial charge >= 0.3 is 0 Å². The van der Waals surface area contributed by atoms with Crippen molar-refractivity contribution in [2.24, 2.45) is 0 Å². The minimum Gasteiger partial charge on any atom is -0.313 e. The van der Waals surface area contributed by atoms with E-state index >= 15 is 0 Å². The Kier molecular flexibility index (Phi) is 4.48. The van der Waals surface area contributed by atoms with Gasteiger partial charge in [-0.1, -0.05) is 29.8 Å². The summed E-state index contributed by atoms with van der Waals surface area (Å²) >= 11 is 3.43. The second-order valence-corrected chi connectivity index (χ2v) is 4.80. The van der Waals surface area contributed by atoms with Gasteiger partial charge in [0, 0.05) is 10.0 Å². The summed E-state index contributed by atoms with van der Waals surface area (Å²) < 4.78 is 0.966. The molecular weight excluding hydrogens is 254 g/mol. The fourth-order valence-electron chi connectivity index (χ4n) is 1.37. The van der Waals surface area contributed by atoms with Gasteiger partial charge in [-0.2, -0.15) is 0 Å². The van der Waals surface area contributed by atoms with E-state index in [0.717, 1.165) is 10.0 Å². The van der Waals surface area contributed by atoms with E-state index < -0.39 is 0 Å². The molecule has 0 fully saturated rings. The number of ketones is 1. The summed E-state index contributed by atoms with van der Waals surface area (Å²) in [6, 6.07) is 5.89. The number of rotatable bonds is 4. The summed E-state index contributed by atoms with van der Waals surface area (Å²) in [7, 11) is 1.78. The van der Waals surface area contributed by atoms with E-state index in [0.29, 0.717) is 12.5 Å². The molecule has 0 saturated heterocycles. The van der Waals surface area contributed by atoms with E-state index in [4.69, 9.17) is 0 Å². The molecule has 0 aliphatic rings. The van der Waals surface area contributed by atoms with Crippen molar-refractivity contribution in [2.75, 3.05) is 13.6 Å². The van der Waals surface area contributed by atoms with Gasteiger partial charge in [0.1, 0.15) is 0 Å². The molecule has 0 aliphatic carbocycles. The average molecular weight is 270 g/mol. The zero-order chi connectivity index (χ0) is 11.4. The van der Waals surface area contributed by atoms with Crippen LogP contribution in [0, 0.1) is 0 Å². The molecule has 0 heterocycles. The van der Waals surface area contributed by atoms with E-state index in [9.17, 15) is 4.79 Å². The van der Waals surface area contributed by atoms with Crippen molar-refractivity contribution in [3.63, 3.8) is 0 Å². The molecule has 2 nitrogen and oxygen atoms in total. The zero-order valence-electron chi connectivity index (χ0n) is 9.30. The number of benzene rings is 1. The standard InChI is InChI=1S/C12H16BrNO/c1-8(2)9-4-10(6-11(13)5-9)12(15)7-14-3/h4-6,8,14H,7H2,1-3H3. The van der Waals surface area contributed by atoms with Crippen molar-refractivity contribution in [1.82, 2.24) is 5.32 Å². The van der Waals surface area contributed by atoms with Crippen molar-refractivity contribution in [3.05, 3.63) is 33.8 Å². The van der Waals surface area contributed by atoms with Crippen molar-refractivity contribution in [3.8, 4) is 0 Å². The van der Waals surface area contributed by atoms with Crippen LogP contribution < -0.4 is 5.32 Å². The highest BCUT2D eigenvalue weighted by Gasteiger charge is 2.08. The largest absolute Gasteiger partial charge is 0.313 e. The maximum Gasteiger partial charge on any atom is 0.176 e. The third-order valence-electron chi connectivity index (χ3n) is 2.25. The molecule has 1 N–H and O–H groups in total. The van der Waals surface area contributed by atoms with E-state index in [1.807, 2.05) is 12.1 Å². The maximum atomic E-state index is 11.7. The quantitative estimate of drug-likeness (QED) is 0.852. The minimum atomic E-state index is 0.126. The molecule has 1 rings (SSSR count). The molecule has 3 heteroatoms. The Labute approximate surface area is 99.2 Å². The average Bonchev–Trinajstić information content (AvgIpc) is 2.17. The van der Waals surface area contributed by atoms with Gasteiger partial charge in [-0.15, -0.1) is 0 Å². The van der Waals surface area contributed by atoms with Crippen LogP contribution in [0.1, 0.15) is 35.7 Å². The molecule has 0 atom stereocenters. The summed E-state index contributed by atoms with van der Waals surface area (Å²) in [4.78, 5) is 11.7. The number of hydrogen-bond donors (Lipinski definition) is 1. The fourth-order valence-corrected chi connectivity index (χ4v) is 1.88. The number of carbonyl (C=O) groups is 1. The smallest absolute Gasteiger partial charge is 0.176 e. The summed E-state index contributed by atoms with van der Waals surface area (Å²) in [6.45, 7) is 4.62. The van der Waals surface area contributed by atoms with Gasteiger partial charge in [-0.3, -0.25) is 4.79 Å². The molecule has 0 amide bonds. The third-order valence-corrected chi connectivity index (χ3v) is 2.70. The molecule has 15 heavy (non-hydrogen) atoms. The van der Waals surface area contributed by atoms with Gasteiger partial charge in [0.25, 0.3) is 0 Å². The first-order chi connectivity index (χ1) is 7.04. The Hall–Kier alpha value is -0.670. The number of likely N-dealkylation sites (N-methyl/N-ethyl adjacent to an activating group) is 1. The summed E-state index contributed by atoms with van der Waals surface area (Å²) in [5.41, 5.74) is 1.95. The highest BCUT2D eigenvalue weighted by molar-refractivity contribution is 9.10. The van der Waals surface area contributed by atoms with Crippen LogP contribution in [0.2, 0.25) is 0 Å². The SMILES string of the molecule is CNCC(=O)c1cc(Br)cc(C(C)C)c1. The molecule has 1 aromatic carbocycles. The lowest BCUT2D eigenvalue weighted by Crippen LogP contribution is -2.18. The first kappa shape index (κ1) is 12.4. The lowest BCUT2D eigenvalue weighted by Gasteiger charge is -2.08. The molecule has 0 saturated carbocycles. The van der Waals surface area contributed by atoms with E-state index in [1.54, 1.807) is 7.05 Å². The van der Waals surface area contributed by atoms with Gasteiger partial charge in [0.15, 0.2) is 5.78 Å². The predicted molar refractivity (Wildman–Crippen MR) is 66.5 cm³/mol. The monoisotopic (exact) mass is 269 g/mol. The Balaban J connectivity index is 3.03. The van der Waals surface area contributed by atoms with Crippen LogP contribution in [0.15, 0.2) is 22.7 Å². The molecular formula is C12H16BrNO. The number of Topliss-reactive ketones (excluding diaryl/α,β-unsaturated/α-hetero) is 1. The van der Waals surface area contributed by atoms with Gasteiger partial charge in [0.2, 0.25) is 0 Å². The van der Waals surface area contributed by atoms with Crippen LogP contribution >= 0.6 is 15.9 Å². The summed E-state index contributed by atoms with van der Waals surface area (Å²) in [6.07, 6.45) is 0. The molecule has 0 radical (unpaired) electrons. The first-order valence-electron chi connectivity index (χ1n) is 5.03. The van der Waals surface area contributed by atoms with E-state index in [2.05, 4.69) is 41.2 Å². The fraction of sp³-hybridized carbons (Fsp3) is 0.417. The maximum absolute atomic E-state index is 11.7. The van der Waals surface area contributed by atoms with E-state index in [-0.39, 0.29) is 5.78 Å². The number of hydrogen-bond acceptors (Lipinski definition) is 2. The second kappa shape index (κ2) is 5.42. The molecule has 0 aromatic heterocycles. The summed E-state index contributed by atoms with van der Waals surface area (Å²) in [5, 5.41) is 2.87. The van der Waals surface area contributed by atoms with Crippen molar-refractivity contribution in [2.45, 2.75) is 19.8 Å². The highest BCUT2D eigenvalue weighted by Crippen LogP contribution is 2.22. The normalized spacial score (nSPS) is 10.7. The highest BCUT2D eigenvalue weighted by atomic mass is 79.9. The molecule has 0 aliphatic heterocycles. The first-order valence-corrected chi connectivity index (χ1v) is 5.82. The van der Waals surface area contributed by atoms with Crippen LogP contribution in [-0.2, 0) is 0 Å². The zero-order valence-corrected chi connectivity index (χ0v) is 10.9. The van der Waals surface area contributed by atoms with Crippen LogP contribution in [-0.4, -0.2) is 19.4 Å². The number of carbonyl (C=O) groups excluding carboxylic acids is 1. The lowest BCUT2D eigenvalue weighted by atomic mass is 9.99. The van der Waals surface area contributed by atoms with E-state index in [1.165, 1.54) is 5.56 Å². The van der Waals surface area contributed by atoms with Crippen LogP contribution in [0.5, 0.6) is 0 Å². The van der Waals surface area contributed by atoms with Gasteiger partial charge in [-0.05, 0) is 36.7 Å². The van der Waals surface area contributed by atoms with Gasteiger partial charge < -0.3 is 5.32 Å². The van der Waals surface area contributed by atoms with Gasteiger partial charge in [0.05, 0.1) is 6.54 Å². The van der Waals surface area contributed by atoms with Crippen molar-refractivity contribution >= 4 is 21.7 Å². The molecule has 0 spiro atoms. The number of nitrogens with one attached hydrogen (secondary N) is 1. The van der Waals surface area contributed by atoms with Gasteiger partial charge in [-0.25, -0.2) is 0 Å². The van der Waals surface area contributed by atoms with Crippen LogP contribution in [0.25, 0.3) is 0 Å². The molecule has 1 aromatic rings. The molecule has 82 valence electrons. The summed E-state index contributed by atoms with van der Waals surface area (Å²) in [5.74, 6) is 0.560. The molecule has 0 unspecified atom stereocenters. The van der Waals surface area contributed by atoms with Crippen LogP contribution in [0.4, 0.5) is 0 Å².